The summed E-state index contributed by atoms with van der Waals surface area (Å²) in [5.74, 6) is -2.17. The Hall–Kier alpha value is -0.258. The Kier molecular flexibility index (Phi) is 106. The van der Waals surface area contributed by atoms with E-state index in [0.717, 1.165) is 13.8 Å². The van der Waals surface area contributed by atoms with Gasteiger partial charge in [0.15, 0.2) is 0 Å². The standard InChI is InChI=1S/2C2H4O2.3H2O.Pb.2H/c2*1-2(3)4;;;;;;/h2*1H3,(H,3,4);3*1H2;;;/q;;;;;+2;;/p-2. The van der Waals surface area contributed by atoms with Gasteiger partial charge in [-0.3, -0.25) is 0 Å². The zero-order valence-electron chi connectivity index (χ0n) is 6.84. The summed E-state index contributed by atoms with van der Waals surface area (Å²) < 4.78 is 0. The van der Waals surface area contributed by atoms with Crippen molar-refractivity contribution in [3.8, 4) is 0 Å². The summed E-state index contributed by atoms with van der Waals surface area (Å²) in [7, 11) is 0. The van der Waals surface area contributed by atoms with Crippen molar-refractivity contribution < 1.29 is 36.2 Å². The fourth-order valence-electron chi connectivity index (χ4n) is 0. The Balaban J connectivity index is -0.0000000112. The van der Waals surface area contributed by atoms with Crippen LogP contribution in [0, 0.1) is 0 Å². The van der Waals surface area contributed by atoms with Crippen LogP contribution >= 0.6 is 0 Å². The predicted molar refractivity (Wildman–Crippen MR) is 40.7 cm³/mol. The van der Waals surface area contributed by atoms with Gasteiger partial charge in [-0.2, -0.15) is 0 Å². The molecule has 0 saturated heterocycles. The van der Waals surface area contributed by atoms with Crippen molar-refractivity contribution in [1.29, 1.82) is 0 Å². The van der Waals surface area contributed by atoms with Gasteiger partial charge in [0.25, 0.3) is 0 Å². The molecule has 0 atom stereocenters. The minimum atomic E-state index is -1.08. The second-order valence-corrected chi connectivity index (χ2v) is 0.983. The molecule has 0 aromatic heterocycles. The van der Waals surface area contributed by atoms with Crippen LogP contribution < -0.4 is 10.2 Å². The van der Waals surface area contributed by atoms with Crippen molar-refractivity contribution in [1.82, 2.24) is 0 Å². The average Bonchev–Trinajstić information content (AvgIpc) is 1.25. The first-order valence-electron chi connectivity index (χ1n) is 1.82. The van der Waals surface area contributed by atoms with Crippen LogP contribution in [0.1, 0.15) is 13.8 Å². The van der Waals surface area contributed by atoms with Gasteiger partial charge in [-0.25, -0.2) is 0 Å². The molecule has 0 bridgehead atoms. The maximum absolute atomic E-state index is 8.89. The van der Waals surface area contributed by atoms with Crippen LogP contribution in [0.5, 0.6) is 0 Å². The zero-order chi connectivity index (χ0) is 7.15. The summed E-state index contributed by atoms with van der Waals surface area (Å²) in [6.45, 7) is 1.94. The molecule has 8 heteroatoms. The third kappa shape index (κ3) is 11200. The summed E-state index contributed by atoms with van der Waals surface area (Å²) in [5.41, 5.74) is 0. The first kappa shape index (κ1) is 41.1. The summed E-state index contributed by atoms with van der Waals surface area (Å²) in [4.78, 5) is 17.8. The Bertz CT molecular complexity index is 73.4. The Labute approximate surface area is 89.5 Å². The van der Waals surface area contributed by atoms with Crippen LogP contribution in [0.25, 0.3) is 0 Å². The van der Waals surface area contributed by atoms with Crippen molar-refractivity contribution in [3.05, 3.63) is 0 Å². The van der Waals surface area contributed by atoms with Crippen LogP contribution in [0.3, 0.4) is 0 Å². The van der Waals surface area contributed by atoms with E-state index in [9.17, 15) is 0 Å². The van der Waals surface area contributed by atoms with Gasteiger partial charge in [0.2, 0.25) is 0 Å². The molecule has 6 N–H and O–H groups in total. The molecule has 0 heterocycles. The third-order valence-corrected chi connectivity index (χ3v) is 0. The summed E-state index contributed by atoms with van der Waals surface area (Å²) in [6.07, 6.45) is 0. The average molecular weight is 381 g/mol. The number of carbonyl (C=O) groups excluding carboxylic acids is 2. The van der Waals surface area contributed by atoms with Crippen LogP contribution in [0.15, 0.2) is 0 Å². The Morgan fingerprint density at radius 1 is 0.833 bits per heavy atom. The molecular formula is C4H14O7Pb. The molecule has 0 aromatic carbocycles. The van der Waals surface area contributed by atoms with E-state index in [2.05, 4.69) is 0 Å². The van der Waals surface area contributed by atoms with Gasteiger partial charge in [-0.05, 0) is 13.8 Å². The van der Waals surface area contributed by atoms with E-state index in [1.807, 2.05) is 0 Å². The van der Waals surface area contributed by atoms with Crippen molar-refractivity contribution in [3.63, 3.8) is 0 Å². The molecule has 76 valence electrons. The van der Waals surface area contributed by atoms with E-state index in [1.54, 1.807) is 0 Å². The van der Waals surface area contributed by atoms with Gasteiger partial charge >= 0.3 is 27.3 Å². The monoisotopic (exact) mass is 382 g/mol. The number of hydrogen-bond acceptors (Lipinski definition) is 4. The van der Waals surface area contributed by atoms with Gasteiger partial charge in [-0.15, -0.1) is 0 Å². The van der Waals surface area contributed by atoms with Crippen LogP contribution in [-0.4, -0.2) is 55.7 Å². The number of carbonyl (C=O) groups is 2. The van der Waals surface area contributed by atoms with E-state index in [0.29, 0.717) is 0 Å². The van der Waals surface area contributed by atoms with Crippen molar-refractivity contribution >= 4 is 39.2 Å². The number of rotatable bonds is 0. The molecule has 0 aliphatic heterocycles. The first-order valence-corrected chi connectivity index (χ1v) is 1.82. The van der Waals surface area contributed by atoms with E-state index in [4.69, 9.17) is 19.8 Å². The normalized spacial score (nSPS) is 4.17. The van der Waals surface area contributed by atoms with E-state index >= 15 is 0 Å². The second-order valence-electron chi connectivity index (χ2n) is 0.983. The van der Waals surface area contributed by atoms with Gasteiger partial charge in [0.05, 0.1) is 0 Å². The van der Waals surface area contributed by atoms with Gasteiger partial charge < -0.3 is 36.2 Å². The Morgan fingerprint density at radius 2 is 0.833 bits per heavy atom. The van der Waals surface area contributed by atoms with Gasteiger partial charge in [0, 0.05) is 11.9 Å². The van der Waals surface area contributed by atoms with E-state index in [-0.39, 0.29) is 43.7 Å². The molecule has 0 radical (unpaired) electrons. The molecule has 7 nitrogen and oxygen atoms in total. The number of carboxylic acids is 2. The third-order valence-electron chi connectivity index (χ3n) is 0. The fraction of sp³-hybridized carbons (Fsp3) is 0.500. The molecule has 0 rings (SSSR count). The summed E-state index contributed by atoms with van der Waals surface area (Å²) in [6, 6.07) is 0. The van der Waals surface area contributed by atoms with Crippen LogP contribution in [0.4, 0.5) is 0 Å². The molecule has 12 heavy (non-hydrogen) atoms. The molecule has 0 spiro atoms. The van der Waals surface area contributed by atoms with Crippen molar-refractivity contribution in [2.45, 2.75) is 13.8 Å². The number of hydrogen-bond donors (Lipinski definition) is 0. The van der Waals surface area contributed by atoms with Crippen molar-refractivity contribution in [2.75, 3.05) is 0 Å². The minimum absolute atomic E-state index is 0. The predicted octanol–water partition coefficient (Wildman–Crippen LogP) is -5.88. The molecule has 0 aliphatic carbocycles. The number of aliphatic carboxylic acids is 2. The number of carboxylic acid groups (broad SMARTS) is 2. The van der Waals surface area contributed by atoms with Crippen LogP contribution in [-0.2, 0) is 9.59 Å². The zero-order valence-corrected chi connectivity index (χ0v) is 12.3. The van der Waals surface area contributed by atoms with E-state index in [1.165, 1.54) is 0 Å². The summed E-state index contributed by atoms with van der Waals surface area (Å²) >= 11 is 0. The first-order chi connectivity index (χ1) is 3.46. The fourth-order valence-corrected chi connectivity index (χ4v) is 0. The molecule has 0 amide bonds. The quantitative estimate of drug-likeness (QED) is 0.380. The molecule has 0 fully saturated rings. The SMILES string of the molecule is CC(=O)[O-].CC(=O)[O-].O.O.O.[PbH2+2]. The maximum atomic E-state index is 8.89. The van der Waals surface area contributed by atoms with Gasteiger partial charge in [0.1, 0.15) is 0 Å². The molecule has 0 saturated carbocycles. The molecule has 0 aromatic rings. The summed E-state index contributed by atoms with van der Waals surface area (Å²) in [5, 5.41) is 17.8. The van der Waals surface area contributed by atoms with E-state index < -0.39 is 11.9 Å². The molecule has 0 unspecified atom stereocenters. The topological polar surface area (TPSA) is 175 Å². The van der Waals surface area contributed by atoms with Crippen LogP contribution in [0.2, 0.25) is 0 Å². The van der Waals surface area contributed by atoms with Gasteiger partial charge in [-0.1, -0.05) is 0 Å². The Morgan fingerprint density at radius 3 is 0.833 bits per heavy atom. The molecule has 0 aliphatic rings. The van der Waals surface area contributed by atoms with Crippen molar-refractivity contribution in [2.24, 2.45) is 0 Å². The second kappa shape index (κ2) is 30.9. The molecular weight excluding hydrogens is 367 g/mol.